The third-order valence-electron chi connectivity index (χ3n) is 2.37. The van der Waals surface area contributed by atoms with Crippen LogP contribution in [0.2, 0.25) is 0 Å². The zero-order chi connectivity index (χ0) is 9.68. The van der Waals surface area contributed by atoms with E-state index < -0.39 is 0 Å². The molecule has 14 heavy (non-hydrogen) atoms. The van der Waals surface area contributed by atoms with E-state index in [9.17, 15) is 0 Å². The first-order valence-electron chi connectivity index (χ1n) is 5.24. The van der Waals surface area contributed by atoms with Gasteiger partial charge in [0.05, 0.1) is 0 Å². The predicted octanol–water partition coefficient (Wildman–Crippen LogP) is 4.61. The Morgan fingerprint density at radius 1 is 1.07 bits per heavy atom. The van der Waals surface area contributed by atoms with E-state index in [1.807, 2.05) is 0 Å². The molecule has 0 bridgehead atoms. The molecule has 1 rings (SSSR count). The largest absolute Gasteiger partial charge is 0.0776 e. The summed E-state index contributed by atoms with van der Waals surface area (Å²) in [6, 6.07) is 8.89. The number of hydrogen-bond acceptors (Lipinski definition) is 0. The molecule has 0 spiro atoms. The van der Waals surface area contributed by atoms with Crippen molar-refractivity contribution in [2.45, 2.75) is 47.5 Å². The van der Waals surface area contributed by atoms with Crippen molar-refractivity contribution < 1.29 is 0 Å². The van der Waals surface area contributed by atoms with Crippen LogP contribution in [0.1, 0.15) is 45.2 Å². The van der Waals surface area contributed by atoms with E-state index in [-0.39, 0.29) is 7.43 Å². The maximum absolute atomic E-state index is 2.29. The Bertz CT molecular complexity index is 231. The molecule has 0 amide bonds. The lowest BCUT2D eigenvalue weighted by atomic mass is 10.0. The molecule has 0 aliphatic rings. The van der Waals surface area contributed by atoms with E-state index in [0.717, 1.165) is 5.92 Å². The van der Waals surface area contributed by atoms with Crippen LogP contribution >= 0.6 is 0 Å². The molecule has 0 radical (unpaired) electrons. The summed E-state index contributed by atoms with van der Waals surface area (Å²) in [6.07, 6.45) is 3.90. The highest BCUT2D eigenvalue weighted by atomic mass is 14.0. The van der Waals surface area contributed by atoms with Gasteiger partial charge in [0, 0.05) is 0 Å². The molecule has 1 aromatic rings. The van der Waals surface area contributed by atoms with Crippen LogP contribution in [-0.2, 0) is 6.42 Å². The van der Waals surface area contributed by atoms with Gasteiger partial charge in [-0.1, -0.05) is 57.5 Å². The van der Waals surface area contributed by atoms with Crippen LogP contribution in [0.15, 0.2) is 24.3 Å². The fraction of sp³-hybridized carbons (Fsp3) is 0.571. The highest BCUT2D eigenvalue weighted by Crippen LogP contribution is 2.10. The first-order valence-corrected chi connectivity index (χ1v) is 5.24. The Morgan fingerprint density at radius 3 is 2.14 bits per heavy atom. The molecule has 0 heteroatoms. The van der Waals surface area contributed by atoms with Gasteiger partial charge in [0.25, 0.3) is 0 Å². The summed E-state index contributed by atoms with van der Waals surface area (Å²) in [6.45, 7) is 6.71. The van der Waals surface area contributed by atoms with Crippen LogP contribution in [0.4, 0.5) is 0 Å². The lowest BCUT2D eigenvalue weighted by Gasteiger charge is -2.04. The van der Waals surface area contributed by atoms with Gasteiger partial charge < -0.3 is 0 Å². The smallest absolute Gasteiger partial charge is 0.0279 e. The van der Waals surface area contributed by atoms with Crippen molar-refractivity contribution in [2.24, 2.45) is 5.92 Å². The number of aryl methyl sites for hydroxylation is 2. The van der Waals surface area contributed by atoms with E-state index >= 15 is 0 Å². The second-order valence-electron chi connectivity index (χ2n) is 4.27. The van der Waals surface area contributed by atoms with Crippen LogP contribution < -0.4 is 0 Å². The standard InChI is InChI=1S/C13H20.CH4/c1-11(2)5-4-6-13-9-7-12(3)8-10-13;/h7-11H,4-6H2,1-3H3;1H4. The maximum Gasteiger partial charge on any atom is -0.0279 e. The maximum atomic E-state index is 2.29. The summed E-state index contributed by atoms with van der Waals surface area (Å²) in [7, 11) is 0. The van der Waals surface area contributed by atoms with Crippen LogP contribution in [0, 0.1) is 12.8 Å². The summed E-state index contributed by atoms with van der Waals surface area (Å²) in [5, 5.41) is 0. The minimum Gasteiger partial charge on any atom is -0.0776 e. The van der Waals surface area contributed by atoms with Gasteiger partial charge in [-0.05, 0) is 31.2 Å². The Hall–Kier alpha value is -0.780. The van der Waals surface area contributed by atoms with Crippen molar-refractivity contribution in [1.82, 2.24) is 0 Å². The van der Waals surface area contributed by atoms with Gasteiger partial charge >= 0.3 is 0 Å². The second kappa shape index (κ2) is 6.64. The van der Waals surface area contributed by atoms with Crippen molar-refractivity contribution in [3.8, 4) is 0 Å². The lowest BCUT2D eigenvalue weighted by Crippen LogP contribution is -1.90. The van der Waals surface area contributed by atoms with E-state index in [4.69, 9.17) is 0 Å². The highest BCUT2D eigenvalue weighted by molar-refractivity contribution is 5.21. The first-order chi connectivity index (χ1) is 6.18. The van der Waals surface area contributed by atoms with Crippen molar-refractivity contribution in [3.05, 3.63) is 35.4 Å². The van der Waals surface area contributed by atoms with Gasteiger partial charge in [-0.15, -0.1) is 0 Å². The van der Waals surface area contributed by atoms with Gasteiger partial charge in [0.2, 0.25) is 0 Å². The van der Waals surface area contributed by atoms with E-state index in [0.29, 0.717) is 0 Å². The monoisotopic (exact) mass is 192 g/mol. The lowest BCUT2D eigenvalue weighted by molar-refractivity contribution is 0.556. The van der Waals surface area contributed by atoms with E-state index in [1.54, 1.807) is 0 Å². The molecule has 0 aliphatic carbocycles. The molecule has 0 unspecified atom stereocenters. The molecule has 80 valence electrons. The normalized spacial score (nSPS) is 10.0. The highest BCUT2D eigenvalue weighted by Gasteiger charge is 1.95. The van der Waals surface area contributed by atoms with Gasteiger partial charge in [-0.2, -0.15) is 0 Å². The molecule has 0 saturated heterocycles. The minimum absolute atomic E-state index is 0. The molecule has 0 aromatic heterocycles. The Balaban J connectivity index is 0.00000169. The van der Waals surface area contributed by atoms with Gasteiger partial charge in [-0.3, -0.25) is 0 Å². The number of rotatable bonds is 4. The second-order valence-corrected chi connectivity index (χ2v) is 4.27. The van der Waals surface area contributed by atoms with Gasteiger partial charge in [-0.25, -0.2) is 0 Å². The Morgan fingerprint density at radius 2 is 1.64 bits per heavy atom. The summed E-state index contributed by atoms with van der Waals surface area (Å²) < 4.78 is 0. The molecule has 0 N–H and O–H groups in total. The predicted molar refractivity (Wildman–Crippen MR) is 65.7 cm³/mol. The van der Waals surface area contributed by atoms with Crippen molar-refractivity contribution in [1.29, 1.82) is 0 Å². The molecule has 0 aliphatic heterocycles. The SMILES string of the molecule is C.Cc1ccc(CCCC(C)C)cc1. The van der Waals surface area contributed by atoms with Crippen LogP contribution in [-0.4, -0.2) is 0 Å². The zero-order valence-corrected chi connectivity index (χ0v) is 9.01. The number of benzene rings is 1. The van der Waals surface area contributed by atoms with Crippen molar-refractivity contribution >= 4 is 0 Å². The third-order valence-corrected chi connectivity index (χ3v) is 2.37. The van der Waals surface area contributed by atoms with Crippen LogP contribution in [0.5, 0.6) is 0 Å². The van der Waals surface area contributed by atoms with Crippen molar-refractivity contribution in [3.63, 3.8) is 0 Å². The van der Waals surface area contributed by atoms with E-state index in [1.165, 1.54) is 30.4 Å². The summed E-state index contributed by atoms with van der Waals surface area (Å²) in [5.74, 6) is 0.838. The molecule has 0 nitrogen and oxygen atoms in total. The summed E-state index contributed by atoms with van der Waals surface area (Å²) in [5.41, 5.74) is 2.83. The average molecular weight is 192 g/mol. The van der Waals surface area contributed by atoms with Crippen LogP contribution in [0.3, 0.4) is 0 Å². The Kier molecular flexibility index (Phi) is 6.27. The minimum atomic E-state index is 0. The van der Waals surface area contributed by atoms with E-state index in [2.05, 4.69) is 45.0 Å². The molecular weight excluding hydrogens is 168 g/mol. The summed E-state index contributed by atoms with van der Waals surface area (Å²) in [4.78, 5) is 0. The molecule has 0 heterocycles. The Labute approximate surface area is 89.4 Å². The topological polar surface area (TPSA) is 0 Å². The van der Waals surface area contributed by atoms with Gasteiger partial charge in [0.1, 0.15) is 0 Å². The molecule has 1 aromatic carbocycles. The molecular formula is C14H24. The average Bonchev–Trinajstić information content (AvgIpc) is 2.08. The fourth-order valence-corrected chi connectivity index (χ4v) is 1.47. The van der Waals surface area contributed by atoms with Crippen LogP contribution in [0.25, 0.3) is 0 Å². The van der Waals surface area contributed by atoms with Gasteiger partial charge in [0.15, 0.2) is 0 Å². The fourth-order valence-electron chi connectivity index (χ4n) is 1.47. The first kappa shape index (κ1) is 13.2. The number of hydrogen-bond donors (Lipinski definition) is 0. The van der Waals surface area contributed by atoms with Crippen molar-refractivity contribution in [2.75, 3.05) is 0 Å². The molecule has 0 fully saturated rings. The zero-order valence-electron chi connectivity index (χ0n) is 9.01. The molecule has 0 atom stereocenters. The summed E-state index contributed by atoms with van der Waals surface area (Å²) >= 11 is 0. The quantitative estimate of drug-likeness (QED) is 0.653. The third kappa shape index (κ3) is 5.06. The molecule has 0 saturated carbocycles.